The molecule has 2 N–H and O–H groups in total. The number of hydrogen-bond acceptors (Lipinski definition) is 3. The van der Waals surface area contributed by atoms with Gasteiger partial charge in [0, 0.05) is 13.2 Å². The molecule has 0 bridgehead atoms. The molecule has 0 aromatic heterocycles. The van der Waals surface area contributed by atoms with Crippen LogP contribution in [0.1, 0.15) is 32.1 Å². The number of carbonyl (C=O) groups is 1. The van der Waals surface area contributed by atoms with Crippen LogP contribution in [0.2, 0.25) is 0 Å². The molecule has 0 aromatic rings. The molecule has 1 saturated carbocycles. The van der Waals surface area contributed by atoms with E-state index in [0.29, 0.717) is 0 Å². The van der Waals surface area contributed by atoms with Gasteiger partial charge in [-0.2, -0.15) is 0 Å². The number of nitrogens with one attached hydrogen (secondary N) is 1. The van der Waals surface area contributed by atoms with Gasteiger partial charge in [0.15, 0.2) is 0 Å². The number of aliphatic hydroxyl groups is 1. The van der Waals surface area contributed by atoms with Crippen molar-refractivity contribution in [3.8, 4) is 0 Å². The van der Waals surface area contributed by atoms with Crippen LogP contribution in [0.25, 0.3) is 0 Å². The second-order valence-corrected chi connectivity index (χ2v) is 6.00. The maximum Gasteiger partial charge on any atom is 0.233 e. The molecule has 15 heavy (non-hydrogen) atoms. The zero-order valence-corrected chi connectivity index (χ0v) is 9.81. The summed E-state index contributed by atoms with van der Waals surface area (Å²) in [5.74, 6) is 1.33. The van der Waals surface area contributed by atoms with Gasteiger partial charge in [0.2, 0.25) is 5.91 Å². The second-order valence-electron chi connectivity index (χ2n) is 4.69. The van der Waals surface area contributed by atoms with Crippen LogP contribution in [-0.4, -0.2) is 35.2 Å². The summed E-state index contributed by atoms with van der Waals surface area (Å²) in [6.07, 6.45) is 5.36. The van der Waals surface area contributed by atoms with Gasteiger partial charge in [-0.1, -0.05) is 0 Å². The Morgan fingerprint density at radius 1 is 1.53 bits per heavy atom. The molecule has 1 amide bonds. The molecular formula is C11H19NO2S. The monoisotopic (exact) mass is 229 g/mol. The first-order valence-corrected chi connectivity index (χ1v) is 6.81. The highest BCUT2D eigenvalue weighted by molar-refractivity contribution is 8.00. The number of aliphatic hydroxyl groups excluding tert-OH is 1. The van der Waals surface area contributed by atoms with Crippen LogP contribution in [0, 0.1) is 5.41 Å². The molecule has 2 fully saturated rings. The average Bonchev–Trinajstić information content (AvgIpc) is 2.81. The van der Waals surface area contributed by atoms with Crippen LogP contribution in [0.15, 0.2) is 0 Å². The lowest BCUT2D eigenvalue weighted by molar-refractivity contribution is -0.120. The predicted octanol–water partition coefficient (Wildman–Crippen LogP) is 1.16. The minimum Gasteiger partial charge on any atom is -0.396 e. The lowest BCUT2D eigenvalue weighted by atomic mass is 10.0. The Balaban J connectivity index is 1.70. The van der Waals surface area contributed by atoms with Crippen molar-refractivity contribution in [2.24, 2.45) is 5.41 Å². The van der Waals surface area contributed by atoms with Crippen LogP contribution in [0.5, 0.6) is 0 Å². The van der Waals surface area contributed by atoms with Crippen LogP contribution >= 0.6 is 11.8 Å². The van der Waals surface area contributed by atoms with Crippen molar-refractivity contribution in [2.45, 2.75) is 37.4 Å². The standard InChI is InChI=1S/C11H19NO2S/c13-6-5-11(3-4-11)8-12-10(14)9-2-1-7-15-9/h9,13H,1-8H2,(H,12,14). The first-order chi connectivity index (χ1) is 7.26. The Morgan fingerprint density at radius 3 is 2.87 bits per heavy atom. The molecule has 1 heterocycles. The van der Waals surface area contributed by atoms with Crippen LogP contribution in [0.4, 0.5) is 0 Å². The molecule has 0 spiro atoms. The topological polar surface area (TPSA) is 49.3 Å². The zero-order valence-electron chi connectivity index (χ0n) is 9.00. The maximum atomic E-state index is 11.7. The van der Waals surface area contributed by atoms with E-state index in [-0.39, 0.29) is 23.2 Å². The normalized spacial score (nSPS) is 27.7. The minimum absolute atomic E-state index is 0.190. The highest BCUT2D eigenvalue weighted by Crippen LogP contribution is 2.47. The van der Waals surface area contributed by atoms with Crippen molar-refractivity contribution in [3.05, 3.63) is 0 Å². The zero-order chi connectivity index (χ0) is 10.7. The first-order valence-electron chi connectivity index (χ1n) is 5.76. The van der Waals surface area contributed by atoms with Gasteiger partial charge in [0.1, 0.15) is 0 Å². The van der Waals surface area contributed by atoms with Gasteiger partial charge in [-0.3, -0.25) is 4.79 Å². The summed E-state index contributed by atoms with van der Waals surface area (Å²) in [5, 5.41) is 12.1. The smallest absolute Gasteiger partial charge is 0.233 e. The van der Waals surface area contributed by atoms with E-state index in [9.17, 15) is 4.79 Å². The van der Waals surface area contributed by atoms with Crippen molar-refractivity contribution in [1.82, 2.24) is 5.32 Å². The third-order valence-corrected chi connectivity index (χ3v) is 4.84. The quantitative estimate of drug-likeness (QED) is 0.744. The summed E-state index contributed by atoms with van der Waals surface area (Å²) in [7, 11) is 0. The fraction of sp³-hybridized carbons (Fsp3) is 0.909. The van der Waals surface area contributed by atoms with Gasteiger partial charge in [-0.25, -0.2) is 0 Å². The molecule has 86 valence electrons. The first kappa shape index (κ1) is 11.3. The molecule has 0 aromatic carbocycles. The maximum absolute atomic E-state index is 11.7. The van der Waals surface area contributed by atoms with E-state index in [4.69, 9.17) is 5.11 Å². The molecule has 2 aliphatic rings. The number of rotatable bonds is 5. The molecule has 1 aliphatic carbocycles. The lowest BCUT2D eigenvalue weighted by Crippen LogP contribution is -2.36. The molecule has 3 nitrogen and oxygen atoms in total. The highest BCUT2D eigenvalue weighted by Gasteiger charge is 2.42. The van der Waals surface area contributed by atoms with Gasteiger partial charge < -0.3 is 10.4 Å². The molecule has 1 saturated heterocycles. The Labute approximate surface area is 95.0 Å². The summed E-state index contributed by atoms with van der Waals surface area (Å²) in [6.45, 7) is 1.01. The van der Waals surface area contributed by atoms with E-state index in [0.717, 1.165) is 38.0 Å². The van der Waals surface area contributed by atoms with Crippen molar-refractivity contribution >= 4 is 17.7 Å². The number of carbonyl (C=O) groups excluding carboxylic acids is 1. The summed E-state index contributed by atoms with van der Waals surface area (Å²) in [6, 6.07) is 0. The van der Waals surface area contributed by atoms with E-state index in [1.54, 1.807) is 11.8 Å². The summed E-state index contributed by atoms with van der Waals surface area (Å²) >= 11 is 1.77. The minimum atomic E-state index is 0.190. The lowest BCUT2D eigenvalue weighted by Gasteiger charge is -2.16. The van der Waals surface area contributed by atoms with Crippen molar-refractivity contribution < 1.29 is 9.90 Å². The number of hydrogen-bond donors (Lipinski definition) is 2. The van der Waals surface area contributed by atoms with E-state index < -0.39 is 0 Å². The average molecular weight is 229 g/mol. The second kappa shape index (κ2) is 4.74. The molecule has 1 aliphatic heterocycles. The predicted molar refractivity (Wildman–Crippen MR) is 61.9 cm³/mol. The molecule has 2 rings (SSSR count). The Bertz CT molecular complexity index is 235. The molecule has 1 unspecified atom stereocenters. The van der Waals surface area contributed by atoms with E-state index in [1.807, 2.05) is 0 Å². The van der Waals surface area contributed by atoms with Crippen molar-refractivity contribution in [3.63, 3.8) is 0 Å². The molecule has 4 heteroatoms. The van der Waals surface area contributed by atoms with Crippen molar-refractivity contribution in [2.75, 3.05) is 18.9 Å². The van der Waals surface area contributed by atoms with E-state index in [1.165, 1.54) is 6.42 Å². The Kier molecular flexibility index (Phi) is 3.57. The largest absolute Gasteiger partial charge is 0.396 e. The third-order valence-electron chi connectivity index (χ3n) is 3.46. The summed E-state index contributed by atoms with van der Waals surface area (Å²) in [5.41, 5.74) is 0.244. The van der Waals surface area contributed by atoms with Gasteiger partial charge in [-0.05, 0) is 43.3 Å². The van der Waals surface area contributed by atoms with E-state index >= 15 is 0 Å². The molecular weight excluding hydrogens is 210 g/mol. The van der Waals surface area contributed by atoms with Crippen LogP contribution < -0.4 is 5.32 Å². The summed E-state index contributed by atoms with van der Waals surface area (Å²) in [4.78, 5) is 11.7. The van der Waals surface area contributed by atoms with Gasteiger partial charge in [0.25, 0.3) is 0 Å². The number of amides is 1. The fourth-order valence-corrected chi connectivity index (χ4v) is 3.29. The molecule has 0 radical (unpaired) electrons. The fourth-order valence-electron chi connectivity index (χ4n) is 2.10. The summed E-state index contributed by atoms with van der Waals surface area (Å²) < 4.78 is 0. The van der Waals surface area contributed by atoms with E-state index in [2.05, 4.69) is 5.32 Å². The third kappa shape index (κ3) is 2.88. The highest BCUT2D eigenvalue weighted by atomic mass is 32.2. The van der Waals surface area contributed by atoms with Crippen LogP contribution in [-0.2, 0) is 4.79 Å². The van der Waals surface area contributed by atoms with Gasteiger partial charge >= 0.3 is 0 Å². The van der Waals surface area contributed by atoms with Gasteiger partial charge in [0.05, 0.1) is 5.25 Å². The Hall–Kier alpha value is -0.220. The Morgan fingerprint density at radius 2 is 2.33 bits per heavy atom. The van der Waals surface area contributed by atoms with Crippen molar-refractivity contribution in [1.29, 1.82) is 0 Å². The van der Waals surface area contributed by atoms with Gasteiger partial charge in [-0.15, -0.1) is 11.8 Å². The van der Waals surface area contributed by atoms with Crippen LogP contribution in [0.3, 0.4) is 0 Å². The number of thioether (sulfide) groups is 1. The molecule has 1 atom stereocenters. The SMILES string of the molecule is O=C(NCC1(CCO)CC1)C1CCCS1.